The summed E-state index contributed by atoms with van der Waals surface area (Å²) in [6.45, 7) is 7.88. The number of unbranched alkanes of at least 4 members (excludes halogenated alkanes) is 1. The van der Waals surface area contributed by atoms with Gasteiger partial charge in [-0.2, -0.15) is 0 Å². The predicted molar refractivity (Wildman–Crippen MR) is 74.1 cm³/mol. The Morgan fingerprint density at radius 3 is 1.94 bits per heavy atom. The van der Waals surface area contributed by atoms with E-state index in [9.17, 15) is 0 Å². The van der Waals surface area contributed by atoms with E-state index < -0.39 is 0 Å². The van der Waals surface area contributed by atoms with Crippen LogP contribution in [0.15, 0.2) is 24.3 Å². The molecular weight excluding hydrogens is 212 g/mol. The topological polar surface area (TPSA) is 18.5 Å². The van der Waals surface area contributed by atoms with Crippen molar-refractivity contribution in [3.63, 3.8) is 0 Å². The van der Waals surface area contributed by atoms with Crippen LogP contribution in [0.1, 0.15) is 52.9 Å². The molecule has 0 N–H and O–H groups in total. The van der Waals surface area contributed by atoms with Gasteiger partial charge < -0.3 is 9.47 Å². The second kappa shape index (κ2) is 13.5. The quantitative estimate of drug-likeness (QED) is 0.301. The summed E-state index contributed by atoms with van der Waals surface area (Å²) in [5.41, 5.74) is 0. The maximum Gasteiger partial charge on any atom is 0.176 e. The van der Waals surface area contributed by atoms with E-state index in [1.54, 1.807) is 0 Å². The standard InChI is InChI=1S/C15H28O2/c1-4-7-8-9-10-11-12-15(16-13-5-2)17-14-6-3/h7-8,11-12,15H,4-6,9-10,13-14H2,1-3H3/b8-7-,12-11+. The summed E-state index contributed by atoms with van der Waals surface area (Å²) in [5, 5.41) is 0. The first kappa shape index (κ1) is 16.4. The monoisotopic (exact) mass is 240 g/mol. The van der Waals surface area contributed by atoms with Crippen LogP contribution >= 0.6 is 0 Å². The van der Waals surface area contributed by atoms with Crippen LogP contribution in [0, 0.1) is 0 Å². The summed E-state index contributed by atoms with van der Waals surface area (Å²) in [6, 6.07) is 0. The maximum absolute atomic E-state index is 5.59. The second-order valence-corrected chi connectivity index (χ2v) is 4.00. The smallest absolute Gasteiger partial charge is 0.176 e. The van der Waals surface area contributed by atoms with Gasteiger partial charge in [0.15, 0.2) is 6.29 Å². The number of rotatable bonds is 11. The van der Waals surface area contributed by atoms with Crippen molar-refractivity contribution < 1.29 is 9.47 Å². The van der Waals surface area contributed by atoms with Gasteiger partial charge >= 0.3 is 0 Å². The van der Waals surface area contributed by atoms with Crippen molar-refractivity contribution in [1.82, 2.24) is 0 Å². The average Bonchev–Trinajstić information content (AvgIpc) is 2.35. The van der Waals surface area contributed by atoms with Crippen LogP contribution in [0.2, 0.25) is 0 Å². The Labute approximate surface area is 107 Å². The van der Waals surface area contributed by atoms with E-state index in [0.717, 1.165) is 45.3 Å². The molecule has 2 nitrogen and oxygen atoms in total. The zero-order valence-corrected chi connectivity index (χ0v) is 11.7. The molecule has 0 rings (SSSR count). The maximum atomic E-state index is 5.59. The summed E-state index contributed by atoms with van der Waals surface area (Å²) < 4.78 is 11.2. The van der Waals surface area contributed by atoms with E-state index >= 15 is 0 Å². The van der Waals surface area contributed by atoms with Crippen LogP contribution in [0.25, 0.3) is 0 Å². The fourth-order valence-electron chi connectivity index (χ4n) is 1.31. The molecule has 0 heterocycles. The molecule has 0 spiro atoms. The van der Waals surface area contributed by atoms with Gasteiger partial charge in [-0.25, -0.2) is 0 Å². The highest BCUT2D eigenvalue weighted by Gasteiger charge is 2.02. The number of hydrogen-bond acceptors (Lipinski definition) is 2. The van der Waals surface area contributed by atoms with E-state index in [0.29, 0.717) is 0 Å². The van der Waals surface area contributed by atoms with Crippen molar-refractivity contribution in [2.75, 3.05) is 13.2 Å². The Morgan fingerprint density at radius 1 is 0.824 bits per heavy atom. The zero-order valence-electron chi connectivity index (χ0n) is 11.7. The third-order valence-electron chi connectivity index (χ3n) is 2.17. The first-order chi connectivity index (χ1) is 8.35. The molecule has 0 radical (unpaired) electrons. The van der Waals surface area contributed by atoms with Crippen molar-refractivity contribution in [2.24, 2.45) is 0 Å². The van der Waals surface area contributed by atoms with E-state index in [2.05, 4.69) is 39.0 Å². The van der Waals surface area contributed by atoms with Gasteiger partial charge in [0.05, 0.1) is 0 Å². The molecular formula is C15H28O2. The highest BCUT2D eigenvalue weighted by molar-refractivity contribution is 4.89. The highest BCUT2D eigenvalue weighted by Crippen LogP contribution is 2.02. The molecule has 0 bridgehead atoms. The zero-order chi connectivity index (χ0) is 12.8. The lowest BCUT2D eigenvalue weighted by atomic mass is 10.2. The van der Waals surface area contributed by atoms with Crippen LogP contribution in [0.5, 0.6) is 0 Å². The van der Waals surface area contributed by atoms with Crippen LogP contribution < -0.4 is 0 Å². The molecule has 0 aromatic heterocycles. The van der Waals surface area contributed by atoms with Gasteiger partial charge in [-0.05, 0) is 38.2 Å². The summed E-state index contributed by atoms with van der Waals surface area (Å²) in [5.74, 6) is 0. The fourth-order valence-corrected chi connectivity index (χ4v) is 1.31. The van der Waals surface area contributed by atoms with Gasteiger partial charge in [0.25, 0.3) is 0 Å². The molecule has 0 aliphatic rings. The van der Waals surface area contributed by atoms with Crippen LogP contribution in [0.4, 0.5) is 0 Å². The Bertz CT molecular complexity index is 189. The van der Waals surface area contributed by atoms with Crippen molar-refractivity contribution in [3.05, 3.63) is 24.3 Å². The minimum absolute atomic E-state index is 0.162. The van der Waals surface area contributed by atoms with Crippen molar-refractivity contribution in [2.45, 2.75) is 59.2 Å². The first-order valence-corrected chi connectivity index (χ1v) is 6.89. The summed E-state index contributed by atoms with van der Waals surface area (Å²) in [4.78, 5) is 0. The molecule has 0 aliphatic heterocycles. The summed E-state index contributed by atoms with van der Waals surface area (Å²) in [6.07, 6.45) is 13.8. The van der Waals surface area contributed by atoms with Crippen molar-refractivity contribution >= 4 is 0 Å². The van der Waals surface area contributed by atoms with Gasteiger partial charge in [0.2, 0.25) is 0 Å². The molecule has 17 heavy (non-hydrogen) atoms. The summed E-state index contributed by atoms with van der Waals surface area (Å²) >= 11 is 0. The van der Waals surface area contributed by atoms with Crippen LogP contribution in [-0.2, 0) is 9.47 Å². The molecule has 0 saturated carbocycles. The third kappa shape index (κ3) is 11.7. The lowest BCUT2D eigenvalue weighted by Crippen LogP contribution is -2.15. The average molecular weight is 240 g/mol. The number of hydrogen-bond donors (Lipinski definition) is 0. The van der Waals surface area contributed by atoms with Gasteiger partial charge in [0.1, 0.15) is 0 Å². The molecule has 0 saturated heterocycles. The first-order valence-electron chi connectivity index (χ1n) is 6.89. The van der Waals surface area contributed by atoms with Crippen LogP contribution in [0.3, 0.4) is 0 Å². The van der Waals surface area contributed by atoms with E-state index in [-0.39, 0.29) is 6.29 Å². The van der Waals surface area contributed by atoms with Gasteiger partial charge in [0, 0.05) is 13.2 Å². The lowest BCUT2D eigenvalue weighted by Gasteiger charge is -2.14. The fraction of sp³-hybridized carbons (Fsp3) is 0.733. The molecule has 0 fully saturated rings. The van der Waals surface area contributed by atoms with E-state index in [1.165, 1.54) is 0 Å². The van der Waals surface area contributed by atoms with Crippen LogP contribution in [-0.4, -0.2) is 19.5 Å². The number of allylic oxidation sites excluding steroid dienone is 3. The molecule has 100 valence electrons. The van der Waals surface area contributed by atoms with E-state index in [1.807, 2.05) is 6.08 Å². The molecule has 0 unspecified atom stereocenters. The molecule has 2 heteroatoms. The molecule has 0 atom stereocenters. The highest BCUT2D eigenvalue weighted by atomic mass is 16.7. The van der Waals surface area contributed by atoms with Gasteiger partial charge in [-0.1, -0.05) is 39.0 Å². The lowest BCUT2D eigenvalue weighted by molar-refractivity contribution is -0.111. The molecule has 0 aromatic rings. The summed E-state index contributed by atoms with van der Waals surface area (Å²) in [7, 11) is 0. The molecule has 0 aromatic carbocycles. The molecule has 0 aliphatic carbocycles. The van der Waals surface area contributed by atoms with Gasteiger partial charge in [-0.3, -0.25) is 0 Å². The Morgan fingerprint density at radius 2 is 1.41 bits per heavy atom. The minimum atomic E-state index is -0.162. The SMILES string of the molecule is CC/C=C\CC/C=C/C(OCCC)OCCC. The largest absolute Gasteiger partial charge is 0.349 e. The third-order valence-corrected chi connectivity index (χ3v) is 2.17. The van der Waals surface area contributed by atoms with E-state index in [4.69, 9.17) is 9.47 Å². The van der Waals surface area contributed by atoms with Crippen molar-refractivity contribution in [1.29, 1.82) is 0 Å². The Hall–Kier alpha value is -0.600. The number of ether oxygens (including phenoxy) is 2. The second-order valence-electron chi connectivity index (χ2n) is 4.00. The van der Waals surface area contributed by atoms with Crippen molar-refractivity contribution in [3.8, 4) is 0 Å². The van der Waals surface area contributed by atoms with Gasteiger partial charge in [-0.15, -0.1) is 0 Å². The minimum Gasteiger partial charge on any atom is -0.349 e. The Kier molecular flexibility index (Phi) is 13.0. The Balaban J connectivity index is 3.77. The predicted octanol–water partition coefficient (Wildman–Crippen LogP) is 4.47. The normalized spacial score (nSPS) is 12.2. The molecule has 0 amide bonds.